The van der Waals surface area contributed by atoms with Crippen molar-refractivity contribution in [2.45, 2.75) is 13.0 Å². The number of rotatable bonds is 4. The highest BCUT2D eigenvalue weighted by Crippen LogP contribution is 2.41. The second-order valence-corrected chi connectivity index (χ2v) is 6.67. The lowest BCUT2D eigenvalue weighted by atomic mass is 10.00. The van der Waals surface area contributed by atoms with Crippen LogP contribution in [0, 0.1) is 6.92 Å². The van der Waals surface area contributed by atoms with Crippen LogP contribution < -0.4 is 4.90 Å². The molecule has 0 saturated heterocycles. The molecule has 4 aromatic rings. The molecule has 1 unspecified atom stereocenters. The molecule has 2 N–H and O–H groups in total. The Balaban J connectivity index is 1.68. The van der Waals surface area contributed by atoms with Gasteiger partial charge in [-0.3, -0.25) is 14.5 Å². The summed E-state index contributed by atoms with van der Waals surface area (Å²) < 4.78 is 10.9. The predicted octanol–water partition coefficient (Wildman–Crippen LogP) is 3.84. The van der Waals surface area contributed by atoms with Crippen LogP contribution in [0.25, 0.3) is 11.0 Å². The van der Waals surface area contributed by atoms with Crippen molar-refractivity contribution >= 4 is 28.7 Å². The highest BCUT2D eigenvalue weighted by molar-refractivity contribution is 6.19. The van der Waals surface area contributed by atoms with E-state index in [9.17, 15) is 14.7 Å². The Morgan fingerprint density at radius 3 is 2.69 bits per heavy atom. The molecule has 0 aliphatic carbocycles. The number of aromatic nitrogens is 2. The number of anilines is 1. The second-order valence-electron chi connectivity index (χ2n) is 6.67. The van der Waals surface area contributed by atoms with Gasteiger partial charge in [0.25, 0.3) is 5.91 Å². The van der Waals surface area contributed by atoms with Crippen LogP contribution in [0.4, 0.5) is 5.95 Å². The number of nitrogens with one attached hydrogen (secondary N) is 1. The lowest BCUT2D eigenvalue weighted by Crippen LogP contribution is -2.31. The van der Waals surface area contributed by atoms with Crippen molar-refractivity contribution in [2.24, 2.45) is 0 Å². The number of nitrogens with zero attached hydrogens (tertiary/aromatic N) is 2. The molecule has 1 aliphatic rings. The number of furan rings is 2. The van der Waals surface area contributed by atoms with Crippen LogP contribution in [0.2, 0.25) is 0 Å². The average Bonchev–Trinajstić information content (AvgIpc) is 3.48. The van der Waals surface area contributed by atoms with Crippen molar-refractivity contribution < 1.29 is 23.5 Å². The van der Waals surface area contributed by atoms with E-state index in [-0.39, 0.29) is 17.3 Å². The minimum atomic E-state index is -0.991. The van der Waals surface area contributed by atoms with Gasteiger partial charge in [0, 0.05) is 0 Å². The molecule has 1 aromatic carbocycles. The molecule has 0 saturated carbocycles. The number of aliphatic hydroxyl groups is 1. The first-order valence-electron chi connectivity index (χ1n) is 8.90. The summed E-state index contributed by atoms with van der Waals surface area (Å²) in [5, 5.41) is 10.6. The third-order valence-electron chi connectivity index (χ3n) is 4.83. The smallest absolute Gasteiger partial charge is 0.296 e. The molecule has 8 heteroatoms. The highest BCUT2D eigenvalue weighted by atomic mass is 16.3. The molecule has 8 nitrogen and oxygen atoms in total. The fourth-order valence-corrected chi connectivity index (χ4v) is 3.52. The number of carbonyl (C=O) groups is 2. The zero-order valence-corrected chi connectivity index (χ0v) is 15.2. The molecule has 29 heavy (non-hydrogen) atoms. The van der Waals surface area contributed by atoms with Gasteiger partial charge in [0.05, 0.1) is 22.9 Å². The van der Waals surface area contributed by atoms with Gasteiger partial charge in [-0.1, -0.05) is 12.1 Å². The Morgan fingerprint density at radius 1 is 1.17 bits per heavy atom. The number of hydrogen-bond donors (Lipinski definition) is 2. The molecule has 3 aromatic heterocycles. The van der Waals surface area contributed by atoms with Gasteiger partial charge >= 0.3 is 0 Å². The van der Waals surface area contributed by atoms with Crippen LogP contribution in [0.5, 0.6) is 0 Å². The maximum absolute atomic E-state index is 13.0. The maximum atomic E-state index is 13.0. The van der Waals surface area contributed by atoms with Crippen molar-refractivity contribution in [3.8, 4) is 0 Å². The summed E-state index contributed by atoms with van der Waals surface area (Å²) in [4.78, 5) is 34.8. The van der Waals surface area contributed by atoms with E-state index in [2.05, 4.69) is 9.97 Å². The Bertz CT molecular complexity index is 1250. The predicted molar refractivity (Wildman–Crippen MR) is 102 cm³/mol. The lowest BCUT2D eigenvalue weighted by molar-refractivity contribution is -0.117. The van der Waals surface area contributed by atoms with Gasteiger partial charge in [0.15, 0.2) is 11.5 Å². The fourth-order valence-electron chi connectivity index (χ4n) is 3.52. The summed E-state index contributed by atoms with van der Waals surface area (Å²) >= 11 is 0. The van der Waals surface area contributed by atoms with Gasteiger partial charge < -0.3 is 18.9 Å². The Kier molecular flexibility index (Phi) is 3.67. The van der Waals surface area contributed by atoms with Gasteiger partial charge in [0.2, 0.25) is 11.7 Å². The number of aromatic amines is 1. The van der Waals surface area contributed by atoms with Crippen molar-refractivity contribution in [2.75, 3.05) is 4.90 Å². The third kappa shape index (κ3) is 2.57. The molecule has 5 rings (SSSR count). The monoisotopic (exact) mass is 389 g/mol. The average molecular weight is 389 g/mol. The minimum Gasteiger partial charge on any atom is -0.503 e. The first-order valence-corrected chi connectivity index (χ1v) is 8.90. The zero-order chi connectivity index (χ0) is 20.1. The van der Waals surface area contributed by atoms with E-state index >= 15 is 0 Å². The molecular formula is C21H15N3O5. The number of ketones is 1. The van der Waals surface area contributed by atoms with Gasteiger partial charge in [-0.2, -0.15) is 0 Å². The lowest BCUT2D eigenvalue weighted by Gasteiger charge is -2.22. The van der Waals surface area contributed by atoms with E-state index in [0.29, 0.717) is 17.0 Å². The molecule has 1 atom stereocenters. The number of benzene rings is 1. The van der Waals surface area contributed by atoms with E-state index in [1.807, 2.05) is 18.2 Å². The van der Waals surface area contributed by atoms with Crippen LogP contribution in [-0.4, -0.2) is 26.8 Å². The van der Waals surface area contributed by atoms with Crippen LogP contribution in [-0.2, 0) is 4.79 Å². The molecule has 1 aliphatic heterocycles. The SMILES string of the molecule is Cc1ccc(C2C(C(=O)c3ccco3)=C(O)C(=O)N2c2nc3ccccc3[nH]2)o1. The number of H-pyrrole nitrogens is 1. The van der Waals surface area contributed by atoms with Gasteiger partial charge in [-0.25, -0.2) is 4.98 Å². The van der Waals surface area contributed by atoms with Crippen LogP contribution in [0.15, 0.2) is 75.0 Å². The van der Waals surface area contributed by atoms with Crippen molar-refractivity contribution in [3.05, 3.63) is 83.4 Å². The first kappa shape index (κ1) is 17.1. The number of amides is 1. The van der Waals surface area contributed by atoms with Crippen molar-refractivity contribution in [1.29, 1.82) is 0 Å². The minimum absolute atomic E-state index is 0.0130. The number of imidazole rings is 1. The summed E-state index contributed by atoms with van der Waals surface area (Å²) in [5.41, 5.74) is 1.24. The molecule has 0 radical (unpaired) electrons. The Labute approximate surface area is 164 Å². The van der Waals surface area contributed by atoms with Gasteiger partial charge in [-0.05, 0) is 43.3 Å². The summed E-state index contributed by atoms with van der Waals surface area (Å²) in [7, 11) is 0. The molecule has 0 spiro atoms. The quantitative estimate of drug-likeness (QED) is 0.513. The summed E-state index contributed by atoms with van der Waals surface area (Å²) in [6, 6.07) is 12.7. The fraction of sp³-hybridized carbons (Fsp3) is 0.0952. The summed E-state index contributed by atoms with van der Waals surface area (Å²) in [5.74, 6) is -0.867. The number of aryl methyl sites for hydroxylation is 1. The Morgan fingerprint density at radius 2 is 2.00 bits per heavy atom. The van der Waals surface area contributed by atoms with E-state index in [1.54, 1.807) is 31.2 Å². The number of Topliss-reactive ketones (excluding diaryl/α,β-unsaturated/α-hetero) is 1. The second kappa shape index (κ2) is 6.23. The largest absolute Gasteiger partial charge is 0.503 e. The number of carbonyl (C=O) groups excluding carboxylic acids is 2. The van der Waals surface area contributed by atoms with Crippen molar-refractivity contribution in [3.63, 3.8) is 0 Å². The number of para-hydroxylation sites is 2. The highest BCUT2D eigenvalue weighted by Gasteiger charge is 2.47. The third-order valence-corrected chi connectivity index (χ3v) is 4.83. The normalized spacial score (nSPS) is 16.9. The molecule has 144 valence electrons. The molecule has 0 bridgehead atoms. The topological polar surface area (TPSA) is 113 Å². The van der Waals surface area contributed by atoms with E-state index in [4.69, 9.17) is 8.83 Å². The van der Waals surface area contributed by atoms with E-state index in [1.165, 1.54) is 17.2 Å². The molecule has 0 fully saturated rings. The number of hydrogen-bond acceptors (Lipinski definition) is 6. The molecular weight excluding hydrogens is 374 g/mol. The van der Waals surface area contributed by atoms with Crippen LogP contribution in [0.3, 0.4) is 0 Å². The number of fused-ring (bicyclic) bond motifs is 1. The van der Waals surface area contributed by atoms with Gasteiger partial charge in [0.1, 0.15) is 17.6 Å². The Hall–Kier alpha value is -4.07. The maximum Gasteiger partial charge on any atom is 0.296 e. The standard InChI is InChI=1S/C21H15N3O5/c1-11-8-9-14(29-11)17-16(18(25)15-7-4-10-28-15)19(26)20(27)24(17)21-22-12-5-2-3-6-13(12)23-21/h2-10,17,26H,1H3,(H,22,23). The molecule has 4 heterocycles. The number of aliphatic hydroxyl groups excluding tert-OH is 1. The summed E-state index contributed by atoms with van der Waals surface area (Å²) in [6.07, 6.45) is 1.35. The van der Waals surface area contributed by atoms with Gasteiger partial charge in [-0.15, -0.1) is 0 Å². The van der Waals surface area contributed by atoms with Crippen molar-refractivity contribution in [1.82, 2.24) is 9.97 Å². The first-order chi connectivity index (χ1) is 14.0. The summed E-state index contributed by atoms with van der Waals surface area (Å²) in [6.45, 7) is 1.75. The zero-order valence-electron chi connectivity index (χ0n) is 15.2. The van der Waals surface area contributed by atoms with Crippen LogP contribution in [0.1, 0.15) is 28.1 Å². The van der Waals surface area contributed by atoms with E-state index < -0.39 is 23.5 Å². The molecule has 1 amide bonds. The van der Waals surface area contributed by atoms with Crippen LogP contribution >= 0.6 is 0 Å². The van der Waals surface area contributed by atoms with E-state index in [0.717, 1.165) is 5.52 Å².